The maximum absolute atomic E-state index is 6.97. The topological polar surface area (TPSA) is 23.9 Å². The molecule has 0 aromatic heterocycles. The van der Waals surface area contributed by atoms with Gasteiger partial charge in [0.25, 0.3) is 0 Å². The van der Waals surface area contributed by atoms with E-state index in [4.69, 9.17) is 5.41 Å². The van der Waals surface area contributed by atoms with Gasteiger partial charge in [0.2, 0.25) is 0 Å². The minimum atomic E-state index is 0.483. The summed E-state index contributed by atoms with van der Waals surface area (Å²) >= 11 is 0. The average Bonchev–Trinajstić information content (AvgIpc) is 2.05. The molecule has 64 valence electrons. The number of rotatable bonds is 2. The Bertz CT molecular complexity index is 246. The molecule has 0 radical (unpaired) electrons. The monoisotopic (exact) mass is 161 g/mol. The molecule has 0 fully saturated rings. The molecule has 2 atom stereocenters. The highest BCUT2D eigenvalue weighted by Gasteiger charge is 2.14. The number of hydrogen-bond donors (Lipinski definition) is 1. The Morgan fingerprint density at radius 1 is 1.33 bits per heavy atom. The first-order valence-electron chi connectivity index (χ1n) is 4.28. The lowest BCUT2D eigenvalue weighted by atomic mass is 9.84. The van der Waals surface area contributed by atoms with Crippen LogP contribution in [-0.2, 0) is 0 Å². The molecule has 0 spiro atoms. The molecule has 1 aliphatic carbocycles. The molecule has 0 aromatic rings. The van der Waals surface area contributed by atoms with Gasteiger partial charge in [0.15, 0.2) is 0 Å². The molecule has 1 N–H and O–H groups in total. The predicted molar refractivity (Wildman–Crippen MR) is 53.5 cm³/mol. The van der Waals surface area contributed by atoms with Crippen LogP contribution in [0.1, 0.15) is 13.8 Å². The van der Waals surface area contributed by atoms with E-state index < -0.39 is 0 Å². The van der Waals surface area contributed by atoms with Crippen LogP contribution in [0.2, 0.25) is 0 Å². The van der Waals surface area contributed by atoms with Crippen LogP contribution < -0.4 is 0 Å². The molecule has 1 heteroatoms. The van der Waals surface area contributed by atoms with Gasteiger partial charge in [-0.1, -0.05) is 36.8 Å². The molecular weight excluding hydrogens is 146 g/mol. The van der Waals surface area contributed by atoms with Crippen molar-refractivity contribution in [1.82, 2.24) is 0 Å². The lowest BCUT2D eigenvalue weighted by Crippen LogP contribution is -2.10. The van der Waals surface area contributed by atoms with E-state index in [9.17, 15) is 0 Å². The van der Waals surface area contributed by atoms with Gasteiger partial charge in [0, 0.05) is 12.1 Å². The van der Waals surface area contributed by atoms with Crippen molar-refractivity contribution in [2.75, 3.05) is 0 Å². The van der Waals surface area contributed by atoms with E-state index in [0.717, 1.165) is 0 Å². The van der Waals surface area contributed by atoms with Crippen LogP contribution in [0.25, 0.3) is 0 Å². The van der Waals surface area contributed by atoms with Crippen molar-refractivity contribution in [3.8, 4) is 0 Å². The highest BCUT2D eigenvalue weighted by Crippen LogP contribution is 2.25. The minimum absolute atomic E-state index is 0.483. The van der Waals surface area contributed by atoms with Crippen LogP contribution in [0.4, 0.5) is 0 Å². The summed E-state index contributed by atoms with van der Waals surface area (Å²) in [5, 5.41) is 6.97. The molecule has 2 unspecified atom stereocenters. The second-order valence-electron chi connectivity index (χ2n) is 3.23. The molecular formula is C11H15N. The van der Waals surface area contributed by atoms with Gasteiger partial charge in [-0.05, 0) is 18.9 Å². The van der Waals surface area contributed by atoms with Crippen molar-refractivity contribution in [3.63, 3.8) is 0 Å². The third kappa shape index (κ3) is 1.94. The Morgan fingerprint density at radius 2 is 2.00 bits per heavy atom. The van der Waals surface area contributed by atoms with Crippen molar-refractivity contribution >= 4 is 6.21 Å². The zero-order valence-corrected chi connectivity index (χ0v) is 7.62. The zero-order chi connectivity index (χ0) is 8.97. The highest BCUT2D eigenvalue weighted by molar-refractivity contribution is 5.69. The van der Waals surface area contributed by atoms with Crippen molar-refractivity contribution < 1.29 is 0 Å². The van der Waals surface area contributed by atoms with Gasteiger partial charge in [-0.2, -0.15) is 0 Å². The van der Waals surface area contributed by atoms with Crippen molar-refractivity contribution in [3.05, 3.63) is 36.0 Å². The number of allylic oxidation sites excluding steroid dienone is 6. The summed E-state index contributed by atoms with van der Waals surface area (Å²) in [7, 11) is 0. The standard InChI is InChI=1S/C11H15N/c1-9-5-3-4-6-11(9)10(2)7-8-12/h3-9,11-12H,1-2H3/b10-7-,12-8?. The molecule has 0 saturated heterocycles. The van der Waals surface area contributed by atoms with Crippen molar-refractivity contribution in [1.29, 1.82) is 5.41 Å². The Morgan fingerprint density at radius 3 is 2.58 bits per heavy atom. The number of hydrogen-bond acceptors (Lipinski definition) is 1. The first-order valence-corrected chi connectivity index (χ1v) is 4.28. The Hall–Kier alpha value is -1.11. The fourth-order valence-corrected chi connectivity index (χ4v) is 1.53. The van der Waals surface area contributed by atoms with E-state index in [1.165, 1.54) is 11.8 Å². The van der Waals surface area contributed by atoms with Gasteiger partial charge >= 0.3 is 0 Å². The highest BCUT2D eigenvalue weighted by atomic mass is 14.3. The van der Waals surface area contributed by atoms with E-state index >= 15 is 0 Å². The maximum Gasteiger partial charge on any atom is 0.0177 e. The SMILES string of the molecule is C/C(=C/C=N)C1C=CC=CC1C. The molecule has 0 aromatic carbocycles. The van der Waals surface area contributed by atoms with Gasteiger partial charge < -0.3 is 5.41 Å². The van der Waals surface area contributed by atoms with E-state index in [2.05, 4.69) is 38.2 Å². The molecule has 0 aliphatic heterocycles. The third-order valence-corrected chi connectivity index (χ3v) is 2.28. The molecule has 1 aliphatic rings. The van der Waals surface area contributed by atoms with Gasteiger partial charge in [-0.25, -0.2) is 0 Å². The molecule has 12 heavy (non-hydrogen) atoms. The fraction of sp³-hybridized carbons (Fsp3) is 0.364. The Labute approximate surface area is 74.0 Å². The quantitative estimate of drug-likeness (QED) is 0.602. The van der Waals surface area contributed by atoms with E-state index in [0.29, 0.717) is 11.8 Å². The van der Waals surface area contributed by atoms with Gasteiger partial charge in [-0.3, -0.25) is 0 Å². The van der Waals surface area contributed by atoms with Crippen LogP contribution in [0.5, 0.6) is 0 Å². The first-order chi connectivity index (χ1) is 5.75. The van der Waals surface area contributed by atoms with Crippen LogP contribution >= 0.6 is 0 Å². The molecule has 0 amide bonds. The van der Waals surface area contributed by atoms with Crippen LogP contribution in [-0.4, -0.2) is 6.21 Å². The smallest absolute Gasteiger partial charge is 0.0177 e. The predicted octanol–water partition coefficient (Wildman–Crippen LogP) is 2.96. The minimum Gasteiger partial charge on any atom is -0.309 e. The molecule has 0 saturated carbocycles. The average molecular weight is 161 g/mol. The summed E-state index contributed by atoms with van der Waals surface area (Å²) in [6.45, 7) is 4.28. The maximum atomic E-state index is 6.97. The Balaban J connectivity index is 2.75. The summed E-state index contributed by atoms with van der Waals surface area (Å²) in [6.07, 6.45) is 11.8. The third-order valence-electron chi connectivity index (χ3n) is 2.28. The summed E-state index contributed by atoms with van der Waals surface area (Å²) in [6, 6.07) is 0. The van der Waals surface area contributed by atoms with E-state index in [-0.39, 0.29) is 0 Å². The van der Waals surface area contributed by atoms with Crippen LogP contribution in [0.3, 0.4) is 0 Å². The van der Waals surface area contributed by atoms with Gasteiger partial charge in [0.05, 0.1) is 0 Å². The van der Waals surface area contributed by atoms with Crippen molar-refractivity contribution in [2.45, 2.75) is 13.8 Å². The molecule has 0 heterocycles. The Kier molecular flexibility index (Phi) is 3.03. The summed E-state index contributed by atoms with van der Waals surface area (Å²) in [5.41, 5.74) is 1.26. The van der Waals surface area contributed by atoms with Gasteiger partial charge in [-0.15, -0.1) is 0 Å². The fourth-order valence-electron chi connectivity index (χ4n) is 1.53. The lowest BCUT2D eigenvalue weighted by molar-refractivity contribution is 0.577. The lowest BCUT2D eigenvalue weighted by Gasteiger charge is -2.20. The first kappa shape index (κ1) is 8.98. The molecule has 1 rings (SSSR count). The summed E-state index contributed by atoms with van der Waals surface area (Å²) in [5.74, 6) is 1.04. The number of nitrogens with one attached hydrogen (secondary N) is 1. The summed E-state index contributed by atoms with van der Waals surface area (Å²) in [4.78, 5) is 0. The normalized spacial score (nSPS) is 29.0. The van der Waals surface area contributed by atoms with Crippen LogP contribution in [0.15, 0.2) is 36.0 Å². The molecule has 0 bridgehead atoms. The van der Waals surface area contributed by atoms with E-state index in [1.807, 2.05) is 6.08 Å². The van der Waals surface area contributed by atoms with Crippen LogP contribution in [0, 0.1) is 17.2 Å². The summed E-state index contributed by atoms with van der Waals surface area (Å²) < 4.78 is 0. The second-order valence-corrected chi connectivity index (χ2v) is 3.23. The largest absolute Gasteiger partial charge is 0.309 e. The van der Waals surface area contributed by atoms with E-state index in [1.54, 1.807) is 0 Å². The second kappa shape index (κ2) is 4.05. The van der Waals surface area contributed by atoms with Crippen molar-refractivity contribution in [2.24, 2.45) is 11.8 Å². The zero-order valence-electron chi connectivity index (χ0n) is 7.62. The van der Waals surface area contributed by atoms with Gasteiger partial charge in [0.1, 0.15) is 0 Å². The molecule has 1 nitrogen and oxygen atoms in total.